The highest BCUT2D eigenvalue weighted by Gasteiger charge is 2.29. The zero-order valence-corrected chi connectivity index (χ0v) is 14.8. The maximum absolute atomic E-state index is 12.6. The van der Waals surface area contributed by atoms with Crippen molar-refractivity contribution in [3.05, 3.63) is 17.0 Å². The molecular formula is C18H30N4O. The van der Waals surface area contributed by atoms with Gasteiger partial charge >= 0.3 is 0 Å². The summed E-state index contributed by atoms with van der Waals surface area (Å²) in [7, 11) is 0. The number of hydrogen-bond acceptors (Lipinski definition) is 3. The number of likely N-dealkylation sites (tertiary alicyclic amines) is 2. The van der Waals surface area contributed by atoms with Crippen molar-refractivity contribution in [2.45, 2.75) is 65.5 Å². The third kappa shape index (κ3) is 3.60. The summed E-state index contributed by atoms with van der Waals surface area (Å²) in [5, 5.41) is 4.54. The minimum atomic E-state index is 0.291. The lowest BCUT2D eigenvalue weighted by atomic mass is 10.0. The molecule has 0 aromatic carbocycles. The van der Waals surface area contributed by atoms with Crippen molar-refractivity contribution < 1.29 is 4.79 Å². The van der Waals surface area contributed by atoms with E-state index in [2.05, 4.69) is 28.7 Å². The Bertz CT molecular complexity index is 560. The average Bonchev–Trinajstić information content (AvgIpc) is 3.18. The molecule has 2 fully saturated rings. The molecule has 2 aliphatic rings. The molecule has 0 spiro atoms. The predicted octanol–water partition coefficient (Wildman–Crippen LogP) is 2.29. The number of amides is 1. The minimum absolute atomic E-state index is 0.291. The zero-order chi connectivity index (χ0) is 16.4. The first-order chi connectivity index (χ1) is 11.1. The van der Waals surface area contributed by atoms with Crippen molar-refractivity contribution in [3.63, 3.8) is 0 Å². The molecule has 0 radical (unpaired) electrons. The number of rotatable bonds is 4. The van der Waals surface area contributed by atoms with Crippen LogP contribution in [0.5, 0.6) is 0 Å². The van der Waals surface area contributed by atoms with Gasteiger partial charge in [-0.15, -0.1) is 0 Å². The first-order valence-electron chi connectivity index (χ1n) is 9.08. The van der Waals surface area contributed by atoms with Gasteiger partial charge in [-0.3, -0.25) is 14.4 Å². The maximum atomic E-state index is 12.6. The summed E-state index contributed by atoms with van der Waals surface area (Å²) in [6, 6.07) is 0.589. The van der Waals surface area contributed by atoms with Crippen LogP contribution in [0.4, 0.5) is 0 Å². The predicted molar refractivity (Wildman–Crippen MR) is 91.5 cm³/mol. The molecule has 0 bridgehead atoms. The Kier molecular flexibility index (Phi) is 5.05. The van der Waals surface area contributed by atoms with Gasteiger partial charge in [-0.05, 0) is 65.1 Å². The fourth-order valence-electron chi connectivity index (χ4n) is 3.95. The van der Waals surface area contributed by atoms with Gasteiger partial charge in [0.05, 0.1) is 5.69 Å². The number of aryl methyl sites for hydroxylation is 2. The normalized spacial score (nSPS) is 22.7. The van der Waals surface area contributed by atoms with Crippen molar-refractivity contribution in [2.75, 3.05) is 26.2 Å². The van der Waals surface area contributed by atoms with Crippen LogP contribution in [0, 0.1) is 20.8 Å². The lowest BCUT2D eigenvalue weighted by Gasteiger charge is -2.37. The highest BCUT2D eigenvalue weighted by molar-refractivity contribution is 5.76. The van der Waals surface area contributed by atoms with E-state index in [1.54, 1.807) is 0 Å². The van der Waals surface area contributed by atoms with E-state index < -0.39 is 0 Å². The van der Waals surface area contributed by atoms with E-state index in [0.717, 1.165) is 25.2 Å². The molecule has 1 aromatic rings. The zero-order valence-electron chi connectivity index (χ0n) is 14.8. The SMILES string of the molecule is Cc1nn(CCC(=O)N2CCC[C@H](N3CCCC3)C2)c(C)c1C. The number of aromatic nitrogens is 2. The van der Waals surface area contributed by atoms with E-state index in [9.17, 15) is 4.79 Å². The molecule has 1 aromatic heterocycles. The Hall–Kier alpha value is -1.36. The van der Waals surface area contributed by atoms with Gasteiger partial charge in [0.15, 0.2) is 0 Å². The lowest BCUT2D eigenvalue weighted by molar-refractivity contribution is -0.133. The third-order valence-corrected chi connectivity index (χ3v) is 5.69. The topological polar surface area (TPSA) is 41.4 Å². The van der Waals surface area contributed by atoms with Gasteiger partial charge in [0.25, 0.3) is 0 Å². The standard InChI is InChI=1S/C18H30N4O/c1-14-15(2)19-22(16(14)3)12-8-18(23)21-11-6-7-17(13-21)20-9-4-5-10-20/h17H,4-13H2,1-3H3/t17-/m0/s1. The van der Waals surface area contributed by atoms with Crippen LogP contribution in [0.25, 0.3) is 0 Å². The molecule has 2 saturated heterocycles. The van der Waals surface area contributed by atoms with E-state index in [4.69, 9.17) is 0 Å². The van der Waals surface area contributed by atoms with Crippen molar-refractivity contribution >= 4 is 5.91 Å². The smallest absolute Gasteiger partial charge is 0.224 e. The van der Waals surface area contributed by atoms with Crippen LogP contribution < -0.4 is 0 Å². The molecule has 0 N–H and O–H groups in total. The van der Waals surface area contributed by atoms with Crippen LogP contribution in [0.15, 0.2) is 0 Å². The monoisotopic (exact) mass is 318 g/mol. The van der Waals surface area contributed by atoms with Gasteiger partial charge in [0.1, 0.15) is 0 Å². The van der Waals surface area contributed by atoms with Gasteiger partial charge in [0, 0.05) is 37.8 Å². The summed E-state index contributed by atoms with van der Waals surface area (Å²) in [5.74, 6) is 0.291. The van der Waals surface area contributed by atoms with Crippen LogP contribution in [0.3, 0.4) is 0 Å². The van der Waals surface area contributed by atoms with Gasteiger partial charge < -0.3 is 4.90 Å². The Morgan fingerprint density at radius 3 is 2.52 bits per heavy atom. The summed E-state index contributed by atoms with van der Waals surface area (Å²) in [6.45, 7) is 11.2. The molecule has 0 aliphatic carbocycles. The molecular weight excluding hydrogens is 288 g/mol. The average molecular weight is 318 g/mol. The number of piperidine rings is 1. The van der Waals surface area contributed by atoms with E-state index in [1.807, 2.05) is 11.6 Å². The van der Waals surface area contributed by atoms with Crippen molar-refractivity contribution in [3.8, 4) is 0 Å². The largest absolute Gasteiger partial charge is 0.341 e. The fraction of sp³-hybridized carbons (Fsp3) is 0.778. The molecule has 2 aliphatic heterocycles. The summed E-state index contributed by atoms with van der Waals surface area (Å²) in [5.41, 5.74) is 3.50. The lowest BCUT2D eigenvalue weighted by Crippen LogP contribution is -2.49. The van der Waals surface area contributed by atoms with Gasteiger partial charge in [-0.25, -0.2) is 0 Å². The Labute approximate surface area is 139 Å². The second-order valence-corrected chi connectivity index (χ2v) is 7.15. The second-order valence-electron chi connectivity index (χ2n) is 7.15. The number of hydrogen-bond donors (Lipinski definition) is 0. The number of carbonyl (C=O) groups is 1. The van der Waals surface area contributed by atoms with Gasteiger partial charge in [0.2, 0.25) is 5.91 Å². The van der Waals surface area contributed by atoms with Crippen molar-refractivity contribution in [1.82, 2.24) is 19.6 Å². The van der Waals surface area contributed by atoms with Crippen LogP contribution in [-0.4, -0.2) is 57.7 Å². The Balaban J connectivity index is 1.54. The third-order valence-electron chi connectivity index (χ3n) is 5.69. The fourth-order valence-corrected chi connectivity index (χ4v) is 3.95. The Morgan fingerprint density at radius 1 is 1.13 bits per heavy atom. The number of carbonyl (C=O) groups excluding carboxylic acids is 1. The molecule has 0 saturated carbocycles. The van der Waals surface area contributed by atoms with Gasteiger partial charge in [-0.2, -0.15) is 5.10 Å². The molecule has 1 atom stereocenters. The van der Waals surface area contributed by atoms with Crippen molar-refractivity contribution in [1.29, 1.82) is 0 Å². The van der Waals surface area contributed by atoms with Crippen LogP contribution in [0.1, 0.15) is 49.1 Å². The van der Waals surface area contributed by atoms with E-state index in [-0.39, 0.29) is 0 Å². The van der Waals surface area contributed by atoms with E-state index >= 15 is 0 Å². The van der Waals surface area contributed by atoms with Crippen molar-refractivity contribution in [2.24, 2.45) is 0 Å². The molecule has 5 nitrogen and oxygen atoms in total. The molecule has 3 rings (SSSR count). The molecule has 0 unspecified atom stereocenters. The molecule has 5 heteroatoms. The van der Waals surface area contributed by atoms with Crippen LogP contribution in [0.2, 0.25) is 0 Å². The summed E-state index contributed by atoms with van der Waals surface area (Å²) in [6.07, 6.45) is 5.60. The van der Waals surface area contributed by atoms with Gasteiger partial charge in [-0.1, -0.05) is 0 Å². The summed E-state index contributed by atoms with van der Waals surface area (Å²) in [4.78, 5) is 17.3. The molecule has 128 valence electrons. The number of nitrogens with zero attached hydrogens (tertiary/aromatic N) is 4. The van der Waals surface area contributed by atoms with E-state index in [0.29, 0.717) is 24.9 Å². The first-order valence-corrected chi connectivity index (χ1v) is 9.08. The maximum Gasteiger partial charge on any atom is 0.224 e. The van der Waals surface area contributed by atoms with E-state index in [1.165, 1.54) is 43.6 Å². The summed E-state index contributed by atoms with van der Waals surface area (Å²) < 4.78 is 1.99. The van der Waals surface area contributed by atoms with Crippen LogP contribution >= 0.6 is 0 Å². The summed E-state index contributed by atoms with van der Waals surface area (Å²) >= 11 is 0. The second kappa shape index (κ2) is 7.04. The molecule has 1 amide bonds. The Morgan fingerprint density at radius 2 is 1.87 bits per heavy atom. The molecule has 23 heavy (non-hydrogen) atoms. The first kappa shape index (κ1) is 16.5. The molecule has 3 heterocycles. The van der Waals surface area contributed by atoms with Crippen LogP contribution in [-0.2, 0) is 11.3 Å². The highest BCUT2D eigenvalue weighted by atomic mass is 16.2. The highest BCUT2D eigenvalue weighted by Crippen LogP contribution is 2.21. The minimum Gasteiger partial charge on any atom is -0.341 e. The quantitative estimate of drug-likeness (QED) is 0.855.